The van der Waals surface area contributed by atoms with E-state index in [-0.39, 0.29) is 5.82 Å². The standard InChI is InChI=1S/C42H36F3NO4/c1-47-29-11-7-26(8-12-29)42(25-5-9-27(43)10-6-25)16-13-30-39-37(33-21-28(44)22-34(45)38(33)41(39)14-3-4-15-41)31-23-35(46-17-19-49-20-18-46)36(48-2)24-32(31)40(30)50-42/h5-13,16,21-24H,3-4,14-15,17-20H2,1-2H3. The molecule has 0 N–H and O–H groups in total. The van der Waals surface area contributed by atoms with E-state index in [0.29, 0.717) is 54.7 Å². The van der Waals surface area contributed by atoms with Gasteiger partial charge in [0.15, 0.2) is 5.60 Å². The molecule has 1 saturated heterocycles. The van der Waals surface area contributed by atoms with E-state index in [1.54, 1.807) is 26.4 Å². The minimum Gasteiger partial charge on any atom is -0.497 e. The Hall–Kier alpha value is -4.95. The van der Waals surface area contributed by atoms with Gasteiger partial charge in [0.25, 0.3) is 0 Å². The van der Waals surface area contributed by atoms with Crippen LogP contribution in [0, 0.1) is 17.5 Å². The third-order valence-electron chi connectivity index (χ3n) is 11.2. The number of methoxy groups -OCH3 is 2. The van der Waals surface area contributed by atoms with Crippen molar-refractivity contribution < 1.29 is 32.1 Å². The molecule has 9 rings (SSSR count). The maximum absolute atomic E-state index is 16.2. The Morgan fingerprint density at radius 3 is 2.12 bits per heavy atom. The van der Waals surface area contributed by atoms with Crippen LogP contribution in [-0.2, 0) is 15.8 Å². The molecule has 5 aromatic carbocycles. The third-order valence-corrected chi connectivity index (χ3v) is 11.2. The summed E-state index contributed by atoms with van der Waals surface area (Å²) < 4.78 is 70.4. The van der Waals surface area contributed by atoms with Crippen LogP contribution in [0.4, 0.5) is 18.9 Å². The largest absolute Gasteiger partial charge is 0.497 e. The van der Waals surface area contributed by atoms with Crippen LogP contribution in [0.5, 0.6) is 17.2 Å². The highest BCUT2D eigenvalue weighted by atomic mass is 19.1. The zero-order valence-electron chi connectivity index (χ0n) is 28.0. The average Bonchev–Trinajstić information content (AvgIpc) is 3.74. The summed E-state index contributed by atoms with van der Waals surface area (Å²) in [5.74, 6) is 0.516. The number of fused-ring (bicyclic) bond motifs is 10. The molecule has 5 aromatic rings. The summed E-state index contributed by atoms with van der Waals surface area (Å²) in [6.07, 6.45) is 7.44. The fraction of sp³-hybridized carbons (Fsp3) is 0.286. The van der Waals surface area contributed by atoms with Crippen molar-refractivity contribution in [3.8, 4) is 28.4 Å². The highest BCUT2D eigenvalue weighted by Gasteiger charge is 2.51. The summed E-state index contributed by atoms with van der Waals surface area (Å²) in [7, 11) is 3.27. The second-order valence-corrected chi connectivity index (χ2v) is 13.7. The van der Waals surface area contributed by atoms with Crippen molar-refractivity contribution >= 4 is 22.5 Å². The molecule has 2 heterocycles. The Morgan fingerprint density at radius 2 is 1.44 bits per heavy atom. The summed E-state index contributed by atoms with van der Waals surface area (Å²) in [5.41, 5.74) is 4.52. The minimum absolute atomic E-state index is 0.349. The molecule has 1 spiro atoms. The van der Waals surface area contributed by atoms with Gasteiger partial charge < -0.3 is 23.8 Å². The van der Waals surface area contributed by atoms with Crippen LogP contribution >= 0.6 is 0 Å². The Morgan fingerprint density at radius 1 is 0.740 bits per heavy atom. The Kier molecular flexibility index (Phi) is 7.18. The third kappa shape index (κ3) is 4.43. The summed E-state index contributed by atoms with van der Waals surface area (Å²) in [4.78, 5) is 2.24. The van der Waals surface area contributed by atoms with Crippen LogP contribution in [0.1, 0.15) is 53.5 Å². The predicted octanol–water partition coefficient (Wildman–Crippen LogP) is 9.30. The van der Waals surface area contributed by atoms with Crippen LogP contribution in [0.15, 0.2) is 78.9 Å². The lowest BCUT2D eigenvalue weighted by Crippen LogP contribution is -2.36. The van der Waals surface area contributed by atoms with E-state index in [2.05, 4.69) is 17.0 Å². The molecule has 2 aliphatic heterocycles. The molecule has 8 heteroatoms. The monoisotopic (exact) mass is 675 g/mol. The molecule has 2 aliphatic carbocycles. The molecule has 0 radical (unpaired) electrons. The van der Waals surface area contributed by atoms with Gasteiger partial charge in [0, 0.05) is 52.2 Å². The molecule has 254 valence electrons. The second kappa shape index (κ2) is 11.6. The Labute approximate surface area is 288 Å². The molecule has 50 heavy (non-hydrogen) atoms. The number of hydrogen-bond acceptors (Lipinski definition) is 5. The van der Waals surface area contributed by atoms with Gasteiger partial charge in [-0.25, -0.2) is 13.2 Å². The van der Waals surface area contributed by atoms with Gasteiger partial charge in [-0.2, -0.15) is 0 Å². The van der Waals surface area contributed by atoms with Crippen LogP contribution < -0.4 is 19.1 Å². The topological polar surface area (TPSA) is 40.2 Å². The number of morpholine rings is 1. The average molecular weight is 676 g/mol. The molecule has 1 atom stereocenters. The molecule has 0 aromatic heterocycles. The van der Waals surface area contributed by atoms with Gasteiger partial charge in [-0.3, -0.25) is 0 Å². The summed E-state index contributed by atoms with van der Waals surface area (Å²) in [6, 6.07) is 20.7. The lowest BCUT2D eigenvalue weighted by atomic mass is 9.73. The van der Waals surface area contributed by atoms with Crippen molar-refractivity contribution in [2.75, 3.05) is 45.4 Å². The van der Waals surface area contributed by atoms with Gasteiger partial charge in [0.1, 0.15) is 34.7 Å². The molecule has 5 nitrogen and oxygen atoms in total. The highest BCUT2D eigenvalue weighted by Crippen LogP contribution is 2.64. The van der Waals surface area contributed by atoms with E-state index in [4.69, 9.17) is 18.9 Å². The van der Waals surface area contributed by atoms with Gasteiger partial charge in [0.2, 0.25) is 0 Å². The maximum Gasteiger partial charge on any atom is 0.178 e. The first-order valence-electron chi connectivity index (χ1n) is 17.2. The van der Waals surface area contributed by atoms with E-state index in [9.17, 15) is 4.39 Å². The van der Waals surface area contributed by atoms with Crippen LogP contribution in [0.3, 0.4) is 0 Å². The van der Waals surface area contributed by atoms with Crippen molar-refractivity contribution in [3.05, 3.63) is 124 Å². The number of ether oxygens (including phenoxy) is 4. The molecule has 2 fully saturated rings. The lowest BCUT2D eigenvalue weighted by molar-refractivity contribution is 0.122. The first-order valence-corrected chi connectivity index (χ1v) is 17.2. The van der Waals surface area contributed by atoms with Gasteiger partial charge in [-0.15, -0.1) is 0 Å². The van der Waals surface area contributed by atoms with Crippen molar-refractivity contribution in [2.24, 2.45) is 0 Å². The van der Waals surface area contributed by atoms with E-state index in [0.717, 1.165) is 76.0 Å². The maximum atomic E-state index is 16.2. The Balaban J connectivity index is 1.39. The second-order valence-electron chi connectivity index (χ2n) is 13.7. The van der Waals surface area contributed by atoms with E-state index < -0.39 is 22.7 Å². The number of nitrogens with zero attached hydrogens (tertiary/aromatic N) is 1. The van der Waals surface area contributed by atoms with E-state index >= 15 is 8.78 Å². The van der Waals surface area contributed by atoms with Crippen LogP contribution in [0.2, 0.25) is 0 Å². The van der Waals surface area contributed by atoms with Gasteiger partial charge in [0.05, 0.1) is 33.1 Å². The fourth-order valence-corrected chi connectivity index (χ4v) is 9.02. The highest BCUT2D eigenvalue weighted by molar-refractivity contribution is 6.10. The van der Waals surface area contributed by atoms with Gasteiger partial charge in [-0.1, -0.05) is 43.2 Å². The van der Waals surface area contributed by atoms with E-state index in [1.807, 2.05) is 36.4 Å². The van der Waals surface area contributed by atoms with Crippen molar-refractivity contribution in [1.29, 1.82) is 0 Å². The molecule has 0 bridgehead atoms. The van der Waals surface area contributed by atoms with Gasteiger partial charge in [-0.05, 0) is 83.5 Å². The first kappa shape index (κ1) is 31.1. The smallest absolute Gasteiger partial charge is 0.178 e. The number of benzene rings is 5. The fourth-order valence-electron chi connectivity index (χ4n) is 9.02. The molecular weight excluding hydrogens is 639 g/mol. The molecule has 4 aliphatic rings. The predicted molar refractivity (Wildman–Crippen MR) is 188 cm³/mol. The van der Waals surface area contributed by atoms with Crippen LogP contribution in [-0.4, -0.2) is 40.5 Å². The normalized spacial score (nSPS) is 20.1. The van der Waals surface area contributed by atoms with Gasteiger partial charge >= 0.3 is 0 Å². The molecular formula is C42H36F3NO4. The number of halogens is 3. The molecule has 1 saturated carbocycles. The number of hydrogen-bond donors (Lipinski definition) is 0. The Bertz CT molecular complexity index is 2190. The van der Waals surface area contributed by atoms with Crippen molar-refractivity contribution in [2.45, 2.75) is 36.7 Å². The summed E-state index contributed by atoms with van der Waals surface area (Å²) in [5, 5.41) is 1.61. The number of anilines is 1. The number of rotatable bonds is 5. The first-order chi connectivity index (χ1) is 24.4. The van der Waals surface area contributed by atoms with Crippen LogP contribution in [0.25, 0.3) is 28.0 Å². The molecule has 1 unspecified atom stereocenters. The van der Waals surface area contributed by atoms with Crippen molar-refractivity contribution in [1.82, 2.24) is 0 Å². The SMILES string of the molecule is COc1ccc(C2(c3ccc(F)cc3)C=Cc3c4c(c5cc(N6CCOCC6)c(OC)cc5c3O2)-c2cc(F)cc(F)c2C42CCCC2)cc1. The summed E-state index contributed by atoms with van der Waals surface area (Å²) in [6.45, 7) is 2.54. The molecule has 0 amide bonds. The lowest BCUT2D eigenvalue weighted by Gasteiger charge is -2.39. The minimum atomic E-state index is -1.14. The van der Waals surface area contributed by atoms with Crippen molar-refractivity contribution in [3.63, 3.8) is 0 Å². The zero-order chi connectivity index (χ0) is 34.2. The summed E-state index contributed by atoms with van der Waals surface area (Å²) >= 11 is 0. The quantitative estimate of drug-likeness (QED) is 0.186. The van der Waals surface area contributed by atoms with E-state index in [1.165, 1.54) is 18.2 Å². The zero-order valence-corrected chi connectivity index (χ0v) is 28.0.